The molecule has 0 radical (unpaired) electrons. The molecule has 3 aromatic rings. The summed E-state index contributed by atoms with van der Waals surface area (Å²) in [6.45, 7) is 2.05. The van der Waals surface area contributed by atoms with Crippen molar-refractivity contribution in [2.45, 2.75) is 6.92 Å². The molecule has 0 fully saturated rings. The Bertz CT molecular complexity index is 746. The molecule has 4 nitrogen and oxygen atoms in total. The summed E-state index contributed by atoms with van der Waals surface area (Å²) in [6.07, 6.45) is 0. The molecule has 0 spiro atoms. The first-order chi connectivity index (χ1) is 9.20. The van der Waals surface area contributed by atoms with Crippen LogP contribution in [0.2, 0.25) is 0 Å². The number of nitrogens with zero attached hydrogens (tertiary/aromatic N) is 1. The predicted octanol–water partition coefficient (Wildman–Crippen LogP) is 3.13. The van der Waals surface area contributed by atoms with Crippen molar-refractivity contribution in [1.82, 2.24) is 10.2 Å². The van der Waals surface area contributed by atoms with E-state index in [9.17, 15) is 0 Å². The molecule has 2 aromatic carbocycles. The van der Waals surface area contributed by atoms with Gasteiger partial charge in [-0.1, -0.05) is 23.8 Å². The zero-order valence-electron chi connectivity index (χ0n) is 10.9. The van der Waals surface area contributed by atoms with E-state index < -0.39 is 0 Å². The number of aryl methyl sites for hydroxylation is 1. The van der Waals surface area contributed by atoms with Crippen molar-refractivity contribution in [2.24, 2.45) is 0 Å². The molecule has 0 aliphatic carbocycles. The number of nitrogens with one attached hydrogen (secondary N) is 1. The maximum absolute atomic E-state index is 5.95. The van der Waals surface area contributed by atoms with Crippen molar-refractivity contribution >= 4 is 16.6 Å². The van der Waals surface area contributed by atoms with Crippen molar-refractivity contribution < 1.29 is 4.74 Å². The standard InChI is InChI=1S/C15H15N3O/c1-9-6-7-13(19-2)11(8-9)14-10-4-3-5-12(16)15(10)18-17-14/h3-8H,16H2,1-2H3,(H,17,18). The van der Waals surface area contributed by atoms with Gasteiger partial charge in [-0.25, -0.2) is 0 Å². The monoisotopic (exact) mass is 253 g/mol. The minimum atomic E-state index is 0.697. The third kappa shape index (κ3) is 1.81. The molecular weight excluding hydrogens is 238 g/mol. The number of benzene rings is 2. The highest BCUT2D eigenvalue weighted by atomic mass is 16.5. The number of methoxy groups -OCH3 is 1. The SMILES string of the molecule is COc1ccc(C)cc1-c1n[nH]c2c(N)cccc12. The van der Waals surface area contributed by atoms with E-state index in [4.69, 9.17) is 10.5 Å². The summed E-state index contributed by atoms with van der Waals surface area (Å²) < 4.78 is 5.42. The summed E-state index contributed by atoms with van der Waals surface area (Å²) in [7, 11) is 1.66. The Balaban J connectivity index is 2.30. The Morgan fingerprint density at radius 1 is 1.21 bits per heavy atom. The van der Waals surface area contributed by atoms with Crippen LogP contribution in [0.4, 0.5) is 5.69 Å². The topological polar surface area (TPSA) is 63.9 Å². The molecule has 0 saturated carbocycles. The summed E-state index contributed by atoms with van der Waals surface area (Å²) in [5.74, 6) is 0.807. The van der Waals surface area contributed by atoms with Crippen LogP contribution in [0.15, 0.2) is 36.4 Å². The molecule has 0 unspecified atom stereocenters. The van der Waals surface area contributed by atoms with E-state index in [1.165, 1.54) is 0 Å². The summed E-state index contributed by atoms with van der Waals surface area (Å²) >= 11 is 0. The Morgan fingerprint density at radius 3 is 2.84 bits per heavy atom. The number of aromatic nitrogens is 2. The van der Waals surface area contributed by atoms with Crippen molar-refractivity contribution in [3.8, 4) is 17.0 Å². The van der Waals surface area contributed by atoms with E-state index in [0.717, 1.165) is 33.5 Å². The molecule has 0 amide bonds. The molecule has 96 valence electrons. The number of aromatic amines is 1. The highest BCUT2D eigenvalue weighted by molar-refractivity contribution is 5.99. The van der Waals surface area contributed by atoms with Crippen LogP contribution < -0.4 is 10.5 Å². The van der Waals surface area contributed by atoms with Gasteiger partial charge in [0.05, 0.1) is 18.3 Å². The second kappa shape index (κ2) is 4.31. The second-order valence-electron chi connectivity index (χ2n) is 4.55. The molecule has 0 aliphatic heterocycles. The number of para-hydroxylation sites is 1. The largest absolute Gasteiger partial charge is 0.496 e. The average molecular weight is 253 g/mol. The number of rotatable bonds is 2. The normalized spacial score (nSPS) is 10.8. The fourth-order valence-corrected chi connectivity index (χ4v) is 2.28. The Kier molecular flexibility index (Phi) is 2.63. The molecule has 1 heterocycles. The molecular formula is C15H15N3O. The molecule has 0 bridgehead atoms. The van der Waals surface area contributed by atoms with Gasteiger partial charge >= 0.3 is 0 Å². The van der Waals surface area contributed by atoms with Crippen molar-refractivity contribution in [3.63, 3.8) is 0 Å². The van der Waals surface area contributed by atoms with E-state index in [1.807, 2.05) is 37.3 Å². The van der Waals surface area contributed by atoms with Gasteiger partial charge in [0.25, 0.3) is 0 Å². The third-order valence-electron chi connectivity index (χ3n) is 3.24. The number of hydrogen-bond donors (Lipinski definition) is 2. The lowest BCUT2D eigenvalue weighted by Crippen LogP contribution is -1.89. The molecule has 3 N–H and O–H groups in total. The quantitative estimate of drug-likeness (QED) is 0.690. The smallest absolute Gasteiger partial charge is 0.128 e. The summed E-state index contributed by atoms with van der Waals surface area (Å²) in [4.78, 5) is 0. The fourth-order valence-electron chi connectivity index (χ4n) is 2.28. The van der Waals surface area contributed by atoms with Crippen molar-refractivity contribution in [2.75, 3.05) is 12.8 Å². The molecule has 19 heavy (non-hydrogen) atoms. The molecule has 0 aliphatic rings. The number of fused-ring (bicyclic) bond motifs is 1. The predicted molar refractivity (Wildman–Crippen MR) is 77.2 cm³/mol. The van der Waals surface area contributed by atoms with Gasteiger partial charge in [0.2, 0.25) is 0 Å². The number of ether oxygens (including phenoxy) is 1. The zero-order chi connectivity index (χ0) is 13.4. The van der Waals surface area contributed by atoms with E-state index in [2.05, 4.69) is 16.3 Å². The lowest BCUT2D eigenvalue weighted by molar-refractivity contribution is 0.416. The minimum Gasteiger partial charge on any atom is -0.496 e. The fraction of sp³-hybridized carbons (Fsp3) is 0.133. The van der Waals surface area contributed by atoms with E-state index >= 15 is 0 Å². The van der Waals surface area contributed by atoms with Crippen LogP contribution in [0.1, 0.15) is 5.56 Å². The number of H-pyrrole nitrogens is 1. The summed E-state index contributed by atoms with van der Waals surface area (Å²) in [5, 5.41) is 8.39. The lowest BCUT2D eigenvalue weighted by Gasteiger charge is -2.07. The number of anilines is 1. The third-order valence-corrected chi connectivity index (χ3v) is 3.24. The zero-order valence-corrected chi connectivity index (χ0v) is 10.9. The molecule has 4 heteroatoms. The summed E-state index contributed by atoms with van der Waals surface area (Å²) in [5.41, 5.74) is 10.5. The second-order valence-corrected chi connectivity index (χ2v) is 4.55. The van der Waals surface area contributed by atoms with E-state index in [1.54, 1.807) is 7.11 Å². The first-order valence-electron chi connectivity index (χ1n) is 6.08. The van der Waals surface area contributed by atoms with Crippen molar-refractivity contribution in [3.05, 3.63) is 42.0 Å². The van der Waals surface area contributed by atoms with E-state index in [-0.39, 0.29) is 0 Å². The van der Waals surface area contributed by atoms with Crippen LogP contribution in [-0.2, 0) is 0 Å². The Labute approximate surface area is 111 Å². The number of nitrogen functional groups attached to an aromatic ring is 1. The van der Waals surface area contributed by atoms with Gasteiger partial charge in [0.1, 0.15) is 11.4 Å². The van der Waals surface area contributed by atoms with Gasteiger partial charge in [-0.15, -0.1) is 0 Å². The number of nitrogens with two attached hydrogens (primary N) is 1. The maximum Gasteiger partial charge on any atom is 0.128 e. The molecule has 0 atom stereocenters. The Hall–Kier alpha value is -2.49. The van der Waals surface area contributed by atoms with Crippen LogP contribution in [0, 0.1) is 6.92 Å². The van der Waals surface area contributed by atoms with E-state index in [0.29, 0.717) is 5.69 Å². The number of hydrogen-bond acceptors (Lipinski definition) is 3. The maximum atomic E-state index is 5.95. The van der Waals surface area contributed by atoms with Gasteiger partial charge < -0.3 is 10.5 Å². The van der Waals surface area contributed by atoms with Crippen LogP contribution in [0.3, 0.4) is 0 Å². The molecule has 3 rings (SSSR count). The van der Waals surface area contributed by atoms with Crippen LogP contribution >= 0.6 is 0 Å². The molecule has 1 aromatic heterocycles. The first kappa shape index (κ1) is 11.6. The van der Waals surface area contributed by atoms with Crippen LogP contribution in [-0.4, -0.2) is 17.3 Å². The van der Waals surface area contributed by atoms with Gasteiger partial charge in [-0.3, -0.25) is 5.10 Å². The highest BCUT2D eigenvalue weighted by Crippen LogP contribution is 2.35. The van der Waals surface area contributed by atoms with Crippen LogP contribution in [0.5, 0.6) is 5.75 Å². The van der Waals surface area contributed by atoms with Gasteiger partial charge in [-0.05, 0) is 25.1 Å². The first-order valence-corrected chi connectivity index (χ1v) is 6.08. The average Bonchev–Trinajstić information content (AvgIpc) is 2.84. The molecule has 0 saturated heterocycles. The lowest BCUT2D eigenvalue weighted by atomic mass is 10.0. The van der Waals surface area contributed by atoms with Crippen molar-refractivity contribution in [1.29, 1.82) is 0 Å². The Morgan fingerprint density at radius 2 is 2.05 bits per heavy atom. The van der Waals surface area contributed by atoms with Gasteiger partial charge in [0.15, 0.2) is 0 Å². The van der Waals surface area contributed by atoms with Gasteiger partial charge in [0, 0.05) is 10.9 Å². The summed E-state index contributed by atoms with van der Waals surface area (Å²) in [6, 6.07) is 11.8. The van der Waals surface area contributed by atoms with Gasteiger partial charge in [-0.2, -0.15) is 5.10 Å². The minimum absolute atomic E-state index is 0.697. The highest BCUT2D eigenvalue weighted by Gasteiger charge is 2.13. The van der Waals surface area contributed by atoms with Crippen LogP contribution in [0.25, 0.3) is 22.2 Å².